The number of anilines is 1. The van der Waals surface area contributed by atoms with Crippen molar-refractivity contribution >= 4 is 22.9 Å². The minimum atomic E-state index is -0.204. The fraction of sp³-hybridized carbons (Fsp3) is 0.214. The van der Waals surface area contributed by atoms with Crippen LogP contribution in [-0.4, -0.2) is 18.1 Å². The van der Waals surface area contributed by atoms with Gasteiger partial charge in [-0.15, -0.1) is 11.3 Å². The molecule has 1 amide bonds. The summed E-state index contributed by atoms with van der Waals surface area (Å²) in [6, 6.07) is 8.95. The van der Waals surface area contributed by atoms with Gasteiger partial charge in [-0.2, -0.15) is 0 Å². The largest absolute Gasteiger partial charge is 0.495 e. The quantitative estimate of drug-likeness (QED) is 0.903. The minimum absolute atomic E-state index is 0.0505. The van der Waals surface area contributed by atoms with E-state index in [0.717, 1.165) is 10.4 Å². The van der Waals surface area contributed by atoms with Gasteiger partial charge in [-0.3, -0.25) is 4.79 Å². The molecular weight excluding hydrogens is 262 g/mol. The fourth-order valence-electron chi connectivity index (χ4n) is 1.74. The molecule has 4 nitrogen and oxygen atoms in total. The van der Waals surface area contributed by atoms with E-state index >= 15 is 0 Å². The van der Waals surface area contributed by atoms with Gasteiger partial charge in [0.05, 0.1) is 13.7 Å². The second-order valence-corrected chi connectivity index (χ2v) is 5.32. The van der Waals surface area contributed by atoms with Crippen molar-refractivity contribution < 1.29 is 14.6 Å². The molecule has 0 saturated heterocycles. The van der Waals surface area contributed by atoms with Crippen LogP contribution in [0.25, 0.3) is 0 Å². The second kappa shape index (κ2) is 5.86. The van der Waals surface area contributed by atoms with Crippen LogP contribution >= 0.6 is 11.3 Å². The Hall–Kier alpha value is -1.85. The van der Waals surface area contributed by atoms with Crippen molar-refractivity contribution in [3.05, 3.63) is 45.6 Å². The highest BCUT2D eigenvalue weighted by Crippen LogP contribution is 2.29. The van der Waals surface area contributed by atoms with Crippen LogP contribution in [0.1, 0.15) is 20.1 Å². The van der Waals surface area contributed by atoms with Gasteiger partial charge in [0.2, 0.25) is 0 Å². The maximum absolute atomic E-state index is 12.2. The van der Waals surface area contributed by atoms with E-state index in [0.29, 0.717) is 16.3 Å². The number of methoxy groups -OCH3 is 1. The lowest BCUT2D eigenvalue weighted by Gasteiger charge is -2.06. The van der Waals surface area contributed by atoms with Gasteiger partial charge < -0.3 is 15.2 Å². The van der Waals surface area contributed by atoms with Crippen molar-refractivity contribution in [1.29, 1.82) is 0 Å². The van der Waals surface area contributed by atoms with Crippen molar-refractivity contribution in [3.63, 3.8) is 0 Å². The van der Waals surface area contributed by atoms with Gasteiger partial charge in [0.15, 0.2) is 0 Å². The third kappa shape index (κ3) is 3.13. The Bertz CT molecular complexity index is 592. The summed E-state index contributed by atoms with van der Waals surface area (Å²) < 4.78 is 5.18. The number of aliphatic hydroxyl groups is 1. The normalized spacial score (nSPS) is 10.3. The summed E-state index contributed by atoms with van der Waals surface area (Å²) in [5.41, 5.74) is 1.41. The minimum Gasteiger partial charge on any atom is -0.495 e. The molecule has 1 heterocycles. The summed E-state index contributed by atoms with van der Waals surface area (Å²) in [6.45, 7) is 1.88. The Morgan fingerprint density at radius 3 is 2.89 bits per heavy atom. The van der Waals surface area contributed by atoms with Crippen LogP contribution in [0.2, 0.25) is 0 Å². The van der Waals surface area contributed by atoms with E-state index in [1.807, 2.05) is 13.0 Å². The predicted octanol–water partition coefficient (Wildman–Crippen LogP) is 2.81. The Balaban J connectivity index is 2.20. The molecule has 0 fully saturated rings. The van der Waals surface area contributed by atoms with Gasteiger partial charge in [0, 0.05) is 10.6 Å². The summed E-state index contributed by atoms with van der Waals surface area (Å²) >= 11 is 1.39. The number of rotatable bonds is 4. The van der Waals surface area contributed by atoms with Crippen molar-refractivity contribution in [2.24, 2.45) is 0 Å². The number of aryl methyl sites for hydroxylation is 1. The number of aliphatic hydroxyl groups excluding tert-OH is 1. The van der Waals surface area contributed by atoms with Gasteiger partial charge in [-0.25, -0.2) is 0 Å². The number of ether oxygens (including phenoxy) is 1. The highest BCUT2D eigenvalue weighted by molar-refractivity contribution is 7.14. The molecule has 5 heteroatoms. The molecule has 0 radical (unpaired) electrons. The van der Waals surface area contributed by atoms with Gasteiger partial charge in [0.25, 0.3) is 5.91 Å². The molecule has 0 bridgehead atoms. The van der Waals surface area contributed by atoms with E-state index in [2.05, 4.69) is 5.32 Å². The second-order valence-electron chi connectivity index (χ2n) is 4.07. The number of carbonyl (C=O) groups is 1. The van der Waals surface area contributed by atoms with E-state index in [9.17, 15) is 4.79 Å². The highest BCUT2D eigenvalue weighted by atomic mass is 32.1. The van der Waals surface area contributed by atoms with Crippen LogP contribution in [0.3, 0.4) is 0 Å². The van der Waals surface area contributed by atoms with E-state index in [-0.39, 0.29) is 12.5 Å². The lowest BCUT2D eigenvalue weighted by atomic mass is 10.2. The third-order valence-electron chi connectivity index (χ3n) is 2.61. The first kappa shape index (κ1) is 13.6. The average molecular weight is 277 g/mol. The Kier molecular flexibility index (Phi) is 4.19. The lowest BCUT2D eigenvalue weighted by Crippen LogP contribution is -2.11. The van der Waals surface area contributed by atoms with E-state index in [4.69, 9.17) is 9.84 Å². The number of hydrogen-bond acceptors (Lipinski definition) is 4. The number of hydrogen-bond donors (Lipinski definition) is 2. The van der Waals surface area contributed by atoms with Crippen LogP contribution in [0.15, 0.2) is 30.3 Å². The maximum atomic E-state index is 12.2. The zero-order valence-corrected chi connectivity index (χ0v) is 11.6. The molecule has 0 unspecified atom stereocenters. The monoisotopic (exact) mass is 277 g/mol. The molecule has 0 aliphatic carbocycles. The number of nitrogens with one attached hydrogen (secondary N) is 1. The SMILES string of the molecule is COc1cc(C)sc1C(=O)Nc1cccc(CO)c1. The molecule has 1 aromatic heterocycles. The summed E-state index contributed by atoms with van der Waals surface area (Å²) in [5.74, 6) is 0.378. The molecule has 0 aliphatic rings. The molecule has 2 N–H and O–H groups in total. The fourth-order valence-corrected chi connectivity index (χ4v) is 2.61. The summed E-state index contributed by atoms with van der Waals surface area (Å²) in [7, 11) is 1.55. The van der Waals surface area contributed by atoms with Gasteiger partial charge >= 0.3 is 0 Å². The van der Waals surface area contributed by atoms with E-state index < -0.39 is 0 Å². The van der Waals surface area contributed by atoms with Crippen LogP contribution < -0.4 is 10.1 Å². The molecule has 2 rings (SSSR count). The van der Waals surface area contributed by atoms with Crippen LogP contribution in [0.4, 0.5) is 5.69 Å². The van der Waals surface area contributed by atoms with Crippen LogP contribution in [-0.2, 0) is 6.61 Å². The molecule has 0 saturated carbocycles. The summed E-state index contributed by atoms with van der Waals surface area (Å²) in [4.78, 5) is 13.7. The zero-order chi connectivity index (χ0) is 13.8. The zero-order valence-electron chi connectivity index (χ0n) is 10.8. The topological polar surface area (TPSA) is 58.6 Å². The van der Waals surface area contributed by atoms with Crippen molar-refractivity contribution in [2.45, 2.75) is 13.5 Å². The predicted molar refractivity (Wildman–Crippen MR) is 75.9 cm³/mol. The molecular formula is C14H15NO3S. The van der Waals surface area contributed by atoms with Crippen molar-refractivity contribution in [1.82, 2.24) is 0 Å². The molecule has 0 aliphatic heterocycles. The van der Waals surface area contributed by atoms with Crippen molar-refractivity contribution in [2.75, 3.05) is 12.4 Å². The summed E-state index contributed by atoms with van der Waals surface area (Å²) in [6.07, 6.45) is 0. The van der Waals surface area contributed by atoms with E-state index in [1.54, 1.807) is 31.4 Å². The first-order valence-electron chi connectivity index (χ1n) is 5.79. The summed E-state index contributed by atoms with van der Waals surface area (Å²) in [5, 5.41) is 11.9. The number of amides is 1. The molecule has 100 valence electrons. The Labute approximate surface area is 115 Å². The Morgan fingerprint density at radius 1 is 1.42 bits per heavy atom. The van der Waals surface area contributed by atoms with Gasteiger partial charge in [0.1, 0.15) is 10.6 Å². The molecule has 0 atom stereocenters. The average Bonchev–Trinajstić information content (AvgIpc) is 2.80. The van der Waals surface area contributed by atoms with Crippen molar-refractivity contribution in [3.8, 4) is 5.75 Å². The number of carbonyl (C=O) groups excluding carboxylic acids is 1. The maximum Gasteiger partial charge on any atom is 0.269 e. The number of benzene rings is 1. The van der Waals surface area contributed by atoms with Gasteiger partial charge in [-0.05, 0) is 30.7 Å². The molecule has 1 aromatic carbocycles. The standard InChI is InChI=1S/C14H15NO3S/c1-9-6-12(18-2)13(19-9)14(17)15-11-5-3-4-10(7-11)8-16/h3-7,16H,8H2,1-2H3,(H,15,17). The van der Waals surface area contributed by atoms with E-state index in [1.165, 1.54) is 11.3 Å². The smallest absolute Gasteiger partial charge is 0.269 e. The molecule has 2 aromatic rings. The van der Waals surface area contributed by atoms with Crippen LogP contribution in [0.5, 0.6) is 5.75 Å². The lowest BCUT2D eigenvalue weighted by molar-refractivity contribution is 0.102. The molecule has 19 heavy (non-hydrogen) atoms. The Morgan fingerprint density at radius 2 is 2.21 bits per heavy atom. The van der Waals surface area contributed by atoms with Gasteiger partial charge in [-0.1, -0.05) is 12.1 Å². The first-order chi connectivity index (χ1) is 9.13. The first-order valence-corrected chi connectivity index (χ1v) is 6.61. The van der Waals surface area contributed by atoms with Crippen LogP contribution in [0, 0.1) is 6.92 Å². The molecule has 0 spiro atoms. The highest BCUT2D eigenvalue weighted by Gasteiger charge is 2.15. The third-order valence-corrected chi connectivity index (χ3v) is 3.65. The number of thiophene rings is 1.